The first-order chi connectivity index (χ1) is 13.1. The maximum Gasteiger partial charge on any atom is 0.186 e. The minimum atomic E-state index is 0.579. The predicted molar refractivity (Wildman–Crippen MR) is 118 cm³/mol. The number of thiazole rings is 1. The molecule has 0 bridgehead atoms. The quantitative estimate of drug-likeness (QED) is 0.631. The van der Waals surface area contributed by atoms with Crippen molar-refractivity contribution in [2.75, 3.05) is 41.8 Å². The third-order valence-electron chi connectivity index (χ3n) is 4.68. The molecule has 2 N–H and O–H groups in total. The summed E-state index contributed by atoms with van der Waals surface area (Å²) in [6.45, 7) is 7.53. The lowest BCUT2D eigenvalue weighted by atomic mass is 10.1. The van der Waals surface area contributed by atoms with Crippen molar-refractivity contribution in [1.29, 1.82) is 0 Å². The summed E-state index contributed by atoms with van der Waals surface area (Å²) in [4.78, 5) is 7.04. The van der Waals surface area contributed by atoms with Crippen LogP contribution in [0, 0.1) is 13.8 Å². The minimum Gasteiger partial charge on any atom is -0.378 e. The lowest BCUT2D eigenvalue weighted by Gasteiger charge is -2.25. The van der Waals surface area contributed by atoms with Crippen molar-refractivity contribution in [2.45, 2.75) is 13.8 Å². The monoisotopic (exact) mass is 398 g/mol. The van der Waals surface area contributed by atoms with E-state index in [9.17, 15) is 0 Å². The maximum absolute atomic E-state index is 5.47. The topological polar surface area (TPSA) is 49.4 Å². The Morgan fingerprint density at radius 2 is 1.74 bits per heavy atom. The minimum absolute atomic E-state index is 0.579. The van der Waals surface area contributed by atoms with Crippen LogP contribution < -0.4 is 15.5 Å². The van der Waals surface area contributed by atoms with E-state index in [-0.39, 0.29) is 0 Å². The third-order valence-corrected chi connectivity index (χ3v) is 5.96. The van der Waals surface area contributed by atoms with Gasteiger partial charge in [0, 0.05) is 24.5 Å². The van der Waals surface area contributed by atoms with Crippen LogP contribution in [0.3, 0.4) is 0 Å². The molecule has 7 heteroatoms. The summed E-state index contributed by atoms with van der Waals surface area (Å²) in [5.74, 6) is 0. The van der Waals surface area contributed by atoms with E-state index in [1.165, 1.54) is 11.1 Å². The van der Waals surface area contributed by atoms with Crippen LogP contribution in [0.5, 0.6) is 0 Å². The average molecular weight is 399 g/mol. The van der Waals surface area contributed by atoms with Crippen molar-refractivity contribution >= 4 is 55.4 Å². The maximum atomic E-state index is 5.47. The zero-order valence-corrected chi connectivity index (χ0v) is 17.0. The summed E-state index contributed by atoms with van der Waals surface area (Å²) >= 11 is 7.18. The van der Waals surface area contributed by atoms with Crippen LogP contribution >= 0.6 is 23.6 Å². The second-order valence-electron chi connectivity index (χ2n) is 6.66. The smallest absolute Gasteiger partial charge is 0.186 e. The number of nitrogens with zero attached hydrogens (tertiary/aromatic N) is 2. The molecule has 0 unspecified atom stereocenters. The molecule has 1 aliphatic rings. The lowest BCUT2D eigenvalue weighted by Crippen LogP contribution is -2.36. The van der Waals surface area contributed by atoms with Gasteiger partial charge in [-0.05, 0) is 67.5 Å². The molecular formula is C20H22N4OS2. The highest BCUT2D eigenvalue weighted by Gasteiger charge is 2.15. The molecule has 0 spiro atoms. The number of hydrogen-bond donors (Lipinski definition) is 2. The number of anilines is 3. The van der Waals surface area contributed by atoms with Gasteiger partial charge in [0.1, 0.15) is 0 Å². The van der Waals surface area contributed by atoms with E-state index < -0.39 is 0 Å². The van der Waals surface area contributed by atoms with Gasteiger partial charge in [0.2, 0.25) is 0 Å². The Morgan fingerprint density at radius 1 is 1.04 bits per heavy atom. The first-order valence-corrected chi connectivity index (χ1v) is 10.2. The van der Waals surface area contributed by atoms with Crippen LogP contribution in [0.2, 0.25) is 0 Å². The number of ether oxygens (including phenoxy) is 1. The summed E-state index contributed by atoms with van der Waals surface area (Å²) in [6, 6.07) is 12.4. The molecule has 3 aromatic rings. The highest BCUT2D eigenvalue weighted by Crippen LogP contribution is 2.31. The fourth-order valence-corrected chi connectivity index (χ4v) is 4.28. The second kappa shape index (κ2) is 7.80. The molecule has 1 aromatic heterocycles. The highest BCUT2D eigenvalue weighted by molar-refractivity contribution is 7.80. The van der Waals surface area contributed by atoms with Crippen LogP contribution in [-0.4, -0.2) is 36.4 Å². The Hall–Kier alpha value is -2.22. The number of morpholine rings is 1. The lowest BCUT2D eigenvalue weighted by molar-refractivity contribution is 0.122. The Balaban J connectivity index is 1.46. The van der Waals surface area contributed by atoms with Crippen molar-refractivity contribution in [1.82, 2.24) is 4.98 Å². The Kier molecular flexibility index (Phi) is 5.24. The molecule has 2 heterocycles. The number of nitrogens with one attached hydrogen (secondary N) is 2. The van der Waals surface area contributed by atoms with Crippen molar-refractivity contribution in [3.05, 3.63) is 47.5 Å². The Bertz CT molecular complexity index is 979. The summed E-state index contributed by atoms with van der Waals surface area (Å²) in [6.07, 6.45) is 0. The van der Waals surface area contributed by atoms with E-state index >= 15 is 0 Å². The molecular weight excluding hydrogens is 376 g/mol. The van der Waals surface area contributed by atoms with Crippen LogP contribution in [0.4, 0.5) is 16.5 Å². The van der Waals surface area contributed by atoms with Crippen molar-refractivity contribution < 1.29 is 4.74 Å². The number of thiocarbonyl (C=S) groups is 1. The van der Waals surface area contributed by atoms with Gasteiger partial charge in [-0.3, -0.25) is 0 Å². The van der Waals surface area contributed by atoms with Gasteiger partial charge in [-0.25, -0.2) is 4.98 Å². The molecule has 5 nitrogen and oxygen atoms in total. The first kappa shape index (κ1) is 18.2. The van der Waals surface area contributed by atoms with E-state index in [4.69, 9.17) is 21.9 Å². The molecule has 2 aromatic carbocycles. The Labute approximate surface area is 168 Å². The number of aromatic nitrogens is 1. The van der Waals surface area contributed by atoms with Crippen LogP contribution in [0.1, 0.15) is 11.1 Å². The molecule has 0 atom stereocenters. The number of benzene rings is 2. The van der Waals surface area contributed by atoms with Crippen LogP contribution in [-0.2, 0) is 4.74 Å². The number of fused-ring (bicyclic) bond motifs is 1. The molecule has 4 rings (SSSR count). The molecule has 1 fully saturated rings. The zero-order chi connectivity index (χ0) is 18.8. The van der Waals surface area contributed by atoms with Crippen molar-refractivity contribution in [3.8, 4) is 0 Å². The van der Waals surface area contributed by atoms with Gasteiger partial charge >= 0.3 is 0 Å². The second-order valence-corrected chi connectivity index (χ2v) is 8.07. The third kappa shape index (κ3) is 4.21. The first-order valence-electron chi connectivity index (χ1n) is 8.97. The van der Waals surface area contributed by atoms with Gasteiger partial charge in [0.05, 0.1) is 23.4 Å². The van der Waals surface area contributed by atoms with E-state index in [0.717, 1.165) is 53.0 Å². The summed E-state index contributed by atoms with van der Waals surface area (Å²) < 4.78 is 6.57. The van der Waals surface area contributed by atoms with Gasteiger partial charge < -0.3 is 20.3 Å². The van der Waals surface area contributed by atoms with E-state index in [1.807, 2.05) is 18.2 Å². The van der Waals surface area contributed by atoms with E-state index in [1.54, 1.807) is 11.3 Å². The van der Waals surface area contributed by atoms with Gasteiger partial charge in [0.15, 0.2) is 10.2 Å². The standard InChI is InChI=1S/C20H22N4OS2/c1-13-3-4-15(11-14(13)2)21-19(26)22-16-5-6-17-18(12-16)27-20(23-17)24-7-9-25-10-8-24/h3-6,11-12H,7-10H2,1-2H3,(H2,21,22,26). The van der Waals surface area contributed by atoms with Crippen molar-refractivity contribution in [3.63, 3.8) is 0 Å². The molecule has 0 aliphatic carbocycles. The zero-order valence-electron chi connectivity index (χ0n) is 15.4. The van der Waals surface area contributed by atoms with Crippen molar-refractivity contribution in [2.24, 2.45) is 0 Å². The average Bonchev–Trinajstić information content (AvgIpc) is 3.09. The number of aryl methyl sites for hydroxylation is 2. The molecule has 1 aliphatic heterocycles. The van der Waals surface area contributed by atoms with Gasteiger partial charge in [-0.1, -0.05) is 17.4 Å². The molecule has 0 amide bonds. The molecule has 0 radical (unpaired) electrons. The summed E-state index contributed by atoms with van der Waals surface area (Å²) in [5, 5.41) is 8.16. The van der Waals surface area contributed by atoms with E-state index in [2.05, 4.69) is 47.6 Å². The van der Waals surface area contributed by atoms with Gasteiger partial charge in [0.25, 0.3) is 0 Å². The fraction of sp³-hybridized carbons (Fsp3) is 0.300. The fourth-order valence-electron chi connectivity index (χ4n) is 2.99. The largest absolute Gasteiger partial charge is 0.378 e. The molecule has 27 heavy (non-hydrogen) atoms. The normalized spacial score (nSPS) is 14.4. The van der Waals surface area contributed by atoms with E-state index in [0.29, 0.717) is 5.11 Å². The van der Waals surface area contributed by atoms with Gasteiger partial charge in [-0.2, -0.15) is 0 Å². The van der Waals surface area contributed by atoms with Crippen LogP contribution in [0.25, 0.3) is 10.2 Å². The summed E-state index contributed by atoms with van der Waals surface area (Å²) in [7, 11) is 0. The Morgan fingerprint density at radius 3 is 2.48 bits per heavy atom. The molecule has 140 valence electrons. The molecule has 0 saturated carbocycles. The van der Waals surface area contributed by atoms with Gasteiger partial charge in [-0.15, -0.1) is 0 Å². The number of hydrogen-bond acceptors (Lipinski definition) is 5. The number of rotatable bonds is 3. The predicted octanol–water partition coefficient (Wildman–Crippen LogP) is 4.56. The summed E-state index contributed by atoms with van der Waals surface area (Å²) in [5.41, 5.74) is 5.47. The molecule has 1 saturated heterocycles. The van der Waals surface area contributed by atoms with Crippen LogP contribution in [0.15, 0.2) is 36.4 Å². The highest BCUT2D eigenvalue weighted by atomic mass is 32.1. The SMILES string of the molecule is Cc1ccc(NC(=S)Nc2ccc3nc(N4CCOCC4)sc3c2)cc1C.